The Labute approximate surface area is 160 Å². The molecule has 8 heteroatoms. The molecule has 27 heavy (non-hydrogen) atoms. The number of halogens is 2. The summed E-state index contributed by atoms with van der Waals surface area (Å²) in [6.45, 7) is 1.86. The van der Waals surface area contributed by atoms with Gasteiger partial charge in [0.25, 0.3) is 5.91 Å². The van der Waals surface area contributed by atoms with Crippen molar-refractivity contribution >= 4 is 34.7 Å². The van der Waals surface area contributed by atoms with Crippen LogP contribution in [0.4, 0.5) is 21.6 Å². The number of amides is 1. The Balaban J connectivity index is 1.83. The van der Waals surface area contributed by atoms with Crippen molar-refractivity contribution in [1.82, 2.24) is 9.97 Å². The van der Waals surface area contributed by atoms with Gasteiger partial charge in [-0.15, -0.1) is 0 Å². The minimum atomic E-state index is -0.551. The number of hydrogen-bond donors (Lipinski definition) is 2. The van der Waals surface area contributed by atoms with E-state index in [1.807, 2.05) is 13.0 Å². The Morgan fingerprint density at radius 1 is 1.15 bits per heavy atom. The molecule has 0 radical (unpaired) electrons. The minimum absolute atomic E-state index is 0.0746. The summed E-state index contributed by atoms with van der Waals surface area (Å²) >= 11 is 6.11. The molecule has 3 aromatic rings. The highest BCUT2D eigenvalue weighted by molar-refractivity contribution is 6.31. The van der Waals surface area contributed by atoms with Crippen LogP contribution in [0, 0.1) is 12.7 Å². The molecule has 138 valence electrons. The molecule has 0 fully saturated rings. The number of rotatable bonds is 5. The van der Waals surface area contributed by atoms with Gasteiger partial charge in [-0.3, -0.25) is 4.79 Å². The molecule has 0 unspecified atom stereocenters. The van der Waals surface area contributed by atoms with E-state index in [0.717, 1.165) is 5.56 Å². The second-order valence-electron chi connectivity index (χ2n) is 5.65. The predicted octanol–water partition coefficient (Wildman–Crippen LogP) is 4.58. The number of nitrogens with one attached hydrogen (secondary N) is 2. The first-order valence-corrected chi connectivity index (χ1v) is 8.35. The van der Waals surface area contributed by atoms with Crippen LogP contribution < -0.4 is 15.4 Å². The van der Waals surface area contributed by atoms with E-state index < -0.39 is 11.7 Å². The molecule has 0 aliphatic heterocycles. The van der Waals surface area contributed by atoms with E-state index in [2.05, 4.69) is 20.6 Å². The number of carbonyl (C=O) groups excluding carboxylic acids is 1. The first-order chi connectivity index (χ1) is 13.0. The first kappa shape index (κ1) is 18.6. The molecule has 1 aromatic heterocycles. The number of ether oxygens (including phenoxy) is 1. The van der Waals surface area contributed by atoms with Crippen molar-refractivity contribution in [2.45, 2.75) is 6.92 Å². The number of carbonyl (C=O) groups is 1. The molecule has 0 saturated carbocycles. The van der Waals surface area contributed by atoms with Gasteiger partial charge in [-0.1, -0.05) is 23.7 Å². The fourth-order valence-electron chi connectivity index (χ4n) is 2.37. The van der Waals surface area contributed by atoms with E-state index in [4.69, 9.17) is 16.3 Å². The lowest BCUT2D eigenvalue weighted by atomic mass is 10.2. The number of hydrogen-bond acceptors (Lipinski definition) is 5. The van der Waals surface area contributed by atoms with Crippen LogP contribution in [0.5, 0.6) is 5.75 Å². The number of aromatic nitrogens is 2. The lowest BCUT2D eigenvalue weighted by molar-refractivity contribution is 0.102. The largest absolute Gasteiger partial charge is 0.495 e. The fraction of sp³-hybridized carbons (Fsp3) is 0.105. The smallest absolute Gasteiger partial charge is 0.274 e. The van der Waals surface area contributed by atoms with Gasteiger partial charge >= 0.3 is 0 Å². The fourth-order valence-corrected chi connectivity index (χ4v) is 2.52. The highest BCUT2D eigenvalue weighted by Crippen LogP contribution is 2.32. The van der Waals surface area contributed by atoms with E-state index in [-0.39, 0.29) is 11.4 Å². The molecule has 2 N–H and O–H groups in total. The lowest BCUT2D eigenvalue weighted by Gasteiger charge is -2.13. The van der Waals surface area contributed by atoms with Crippen LogP contribution in [0.2, 0.25) is 5.02 Å². The summed E-state index contributed by atoms with van der Waals surface area (Å²) in [5.74, 6) is -0.172. The molecule has 0 atom stereocenters. The Morgan fingerprint density at radius 2 is 1.93 bits per heavy atom. The van der Waals surface area contributed by atoms with Crippen LogP contribution in [0.1, 0.15) is 16.1 Å². The van der Waals surface area contributed by atoms with Gasteiger partial charge in [0.2, 0.25) is 0 Å². The molecular weight excluding hydrogens is 371 g/mol. The van der Waals surface area contributed by atoms with Gasteiger partial charge in [-0.05, 0) is 30.7 Å². The molecule has 0 aliphatic carbocycles. The summed E-state index contributed by atoms with van der Waals surface area (Å²) < 4.78 is 19.0. The monoisotopic (exact) mass is 386 g/mol. The molecule has 0 saturated heterocycles. The standard InChI is InChI=1S/C19H16ClFN4O2/c1-11-7-15(17(27-2)8-12(11)20)24-18-9-16(22-10-23-18)19(26)25-14-6-4-3-5-13(14)21/h3-10H,1-2H3,(H,25,26)(H,22,23,24). The second kappa shape index (κ2) is 8.01. The van der Waals surface area contributed by atoms with Crippen molar-refractivity contribution in [1.29, 1.82) is 0 Å². The second-order valence-corrected chi connectivity index (χ2v) is 6.06. The predicted molar refractivity (Wildman–Crippen MR) is 102 cm³/mol. The summed E-state index contributed by atoms with van der Waals surface area (Å²) in [7, 11) is 1.53. The zero-order valence-electron chi connectivity index (χ0n) is 14.6. The lowest BCUT2D eigenvalue weighted by Crippen LogP contribution is -2.15. The molecular formula is C19H16ClFN4O2. The van der Waals surface area contributed by atoms with Gasteiger partial charge < -0.3 is 15.4 Å². The van der Waals surface area contributed by atoms with E-state index in [0.29, 0.717) is 22.3 Å². The van der Waals surface area contributed by atoms with Gasteiger partial charge in [0.05, 0.1) is 18.5 Å². The third-order valence-corrected chi connectivity index (χ3v) is 4.17. The van der Waals surface area contributed by atoms with E-state index in [9.17, 15) is 9.18 Å². The molecule has 0 spiro atoms. The van der Waals surface area contributed by atoms with Crippen molar-refractivity contribution in [3.63, 3.8) is 0 Å². The van der Waals surface area contributed by atoms with Gasteiger partial charge in [-0.2, -0.15) is 0 Å². The van der Waals surface area contributed by atoms with Crippen molar-refractivity contribution < 1.29 is 13.9 Å². The van der Waals surface area contributed by atoms with Gasteiger partial charge in [0.15, 0.2) is 0 Å². The zero-order valence-corrected chi connectivity index (χ0v) is 15.3. The van der Waals surface area contributed by atoms with Crippen molar-refractivity contribution in [3.8, 4) is 5.75 Å². The van der Waals surface area contributed by atoms with Crippen LogP contribution in [0.25, 0.3) is 0 Å². The molecule has 0 aliphatic rings. The average Bonchev–Trinajstić information content (AvgIpc) is 2.66. The quantitative estimate of drug-likeness (QED) is 0.671. The van der Waals surface area contributed by atoms with Crippen molar-refractivity contribution in [3.05, 3.63) is 70.9 Å². The highest BCUT2D eigenvalue weighted by Gasteiger charge is 2.13. The van der Waals surface area contributed by atoms with E-state index in [1.165, 1.54) is 31.6 Å². The molecule has 3 rings (SSSR count). The van der Waals surface area contributed by atoms with Gasteiger partial charge in [0.1, 0.15) is 29.4 Å². The van der Waals surface area contributed by atoms with E-state index >= 15 is 0 Å². The summed E-state index contributed by atoms with van der Waals surface area (Å²) in [5, 5.41) is 6.13. The molecule has 0 bridgehead atoms. The summed E-state index contributed by atoms with van der Waals surface area (Å²) in [6.07, 6.45) is 1.24. The zero-order chi connectivity index (χ0) is 19.4. The topological polar surface area (TPSA) is 76.1 Å². The first-order valence-electron chi connectivity index (χ1n) is 7.97. The highest BCUT2D eigenvalue weighted by atomic mass is 35.5. The average molecular weight is 387 g/mol. The Kier molecular flexibility index (Phi) is 5.52. The molecule has 1 heterocycles. The molecule has 2 aromatic carbocycles. The summed E-state index contributed by atoms with van der Waals surface area (Å²) in [5.41, 5.74) is 1.65. The normalized spacial score (nSPS) is 10.4. The third-order valence-electron chi connectivity index (χ3n) is 3.77. The molecule has 1 amide bonds. The van der Waals surface area contributed by atoms with Crippen molar-refractivity contribution in [2.24, 2.45) is 0 Å². The van der Waals surface area contributed by atoms with Crippen LogP contribution in [-0.4, -0.2) is 23.0 Å². The minimum Gasteiger partial charge on any atom is -0.495 e. The number of nitrogens with zero attached hydrogens (tertiary/aromatic N) is 2. The maximum Gasteiger partial charge on any atom is 0.274 e. The Hall–Kier alpha value is -3.19. The van der Waals surface area contributed by atoms with Crippen molar-refractivity contribution in [2.75, 3.05) is 17.7 Å². The van der Waals surface area contributed by atoms with Crippen LogP contribution in [0.15, 0.2) is 48.8 Å². The van der Waals surface area contributed by atoms with Gasteiger partial charge in [0, 0.05) is 17.2 Å². The maximum absolute atomic E-state index is 13.7. The SMILES string of the molecule is COc1cc(Cl)c(C)cc1Nc1cc(C(=O)Nc2ccccc2F)ncn1. The van der Waals surface area contributed by atoms with Crippen LogP contribution in [-0.2, 0) is 0 Å². The summed E-state index contributed by atoms with van der Waals surface area (Å²) in [6, 6.07) is 10.8. The van der Waals surface area contributed by atoms with Crippen LogP contribution >= 0.6 is 11.6 Å². The Morgan fingerprint density at radius 3 is 2.67 bits per heavy atom. The number of anilines is 3. The van der Waals surface area contributed by atoms with Gasteiger partial charge in [-0.25, -0.2) is 14.4 Å². The molecule has 6 nitrogen and oxygen atoms in total. The number of methoxy groups -OCH3 is 1. The van der Waals surface area contributed by atoms with E-state index in [1.54, 1.807) is 18.2 Å². The number of para-hydroxylation sites is 1. The number of aryl methyl sites for hydroxylation is 1. The third kappa shape index (κ3) is 4.32. The summed E-state index contributed by atoms with van der Waals surface area (Å²) in [4.78, 5) is 20.4. The van der Waals surface area contributed by atoms with Crippen LogP contribution in [0.3, 0.4) is 0 Å². The Bertz CT molecular complexity index is 997. The maximum atomic E-state index is 13.7. The number of benzene rings is 2.